The zero-order chi connectivity index (χ0) is 13.4. The Morgan fingerprint density at radius 3 is 2.50 bits per heavy atom. The molecule has 0 saturated carbocycles. The van der Waals surface area contributed by atoms with E-state index in [-0.39, 0.29) is 6.61 Å². The van der Waals surface area contributed by atoms with E-state index >= 15 is 0 Å². The molecule has 1 unspecified atom stereocenters. The van der Waals surface area contributed by atoms with Crippen LogP contribution in [0, 0.1) is 0 Å². The van der Waals surface area contributed by atoms with Crippen LogP contribution in [-0.4, -0.2) is 30.1 Å². The lowest BCUT2D eigenvalue weighted by Crippen LogP contribution is -2.42. The van der Waals surface area contributed by atoms with Gasteiger partial charge in [-0.3, -0.25) is 0 Å². The van der Waals surface area contributed by atoms with E-state index in [4.69, 9.17) is 10.5 Å². The Morgan fingerprint density at radius 2 is 2.00 bits per heavy atom. The molecule has 18 heavy (non-hydrogen) atoms. The van der Waals surface area contributed by atoms with Crippen LogP contribution >= 0.6 is 11.8 Å². The van der Waals surface area contributed by atoms with E-state index in [9.17, 15) is 5.11 Å². The molecule has 4 heteroatoms. The average molecular weight is 269 g/mol. The molecule has 3 nitrogen and oxygen atoms in total. The molecule has 0 amide bonds. The molecule has 0 aliphatic heterocycles. The molecule has 1 aromatic rings. The molecule has 1 aromatic carbocycles. The predicted molar refractivity (Wildman–Crippen MR) is 77.2 cm³/mol. The zero-order valence-electron chi connectivity index (χ0n) is 11.2. The zero-order valence-corrected chi connectivity index (χ0v) is 12.0. The fraction of sp³-hybridized carbons (Fsp3) is 0.571. The molecule has 1 rings (SSSR count). The molecular formula is C14H23NO2S. The van der Waals surface area contributed by atoms with Crippen molar-refractivity contribution in [1.29, 1.82) is 0 Å². The average Bonchev–Trinajstić information content (AvgIpc) is 2.44. The van der Waals surface area contributed by atoms with Gasteiger partial charge in [-0.15, -0.1) is 11.8 Å². The molecule has 0 aromatic heterocycles. The van der Waals surface area contributed by atoms with Crippen molar-refractivity contribution < 1.29 is 9.84 Å². The third kappa shape index (κ3) is 4.88. The van der Waals surface area contributed by atoms with Crippen molar-refractivity contribution in [1.82, 2.24) is 0 Å². The van der Waals surface area contributed by atoms with Gasteiger partial charge >= 0.3 is 0 Å². The molecule has 0 radical (unpaired) electrons. The summed E-state index contributed by atoms with van der Waals surface area (Å²) in [6, 6.07) is 8.06. The number of aliphatic hydroxyl groups is 1. The number of methoxy groups -OCH3 is 1. The number of thioether (sulfide) groups is 1. The molecule has 0 bridgehead atoms. The van der Waals surface area contributed by atoms with Crippen LogP contribution in [0.2, 0.25) is 0 Å². The summed E-state index contributed by atoms with van der Waals surface area (Å²) in [5, 5.41) is 9.21. The van der Waals surface area contributed by atoms with Crippen LogP contribution in [0.25, 0.3) is 0 Å². The second-order valence-corrected chi connectivity index (χ2v) is 5.67. The lowest BCUT2D eigenvalue weighted by atomic mass is 9.93. The second kappa shape index (κ2) is 7.67. The number of nitrogens with two attached hydrogens (primary N) is 1. The van der Waals surface area contributed by atoms with Gasteiger partial charge in [-0.1, -0.05) is 6.92 Å². The lowest BCUT2D eigenvalue weighted by molar-refractivity contribution is 0.182. The van der Waals surface area contributed by atoms with Crippen LogP contribution < -0.4 is 10.5 Å². The molecule has 0 aliphatic carbocycles. The molecule has 0 heterocycles. The van der Waals surface area contributed by atoms with Crippen LogP contribution in [0.4, 0.5) is 0 Å². The fourth-order valence-corrected chi connectivity index (χ4v) is 2.51. The fourth-order valence-electron chi connectivity index (χ4n) is 1.65. The van der Waals surface area contributed by atoms with Gasteiger partial charge < -0.3 is 15.6 Å². The maximum Gasteiger partial charge on any atom is 0.118 e. The van der Waals surface area contributed by atoms with E-state index in [1.165, 1.54) is 4.90 Å². The summed E-state index contributed by atoms with van der Waals surface area (Å²) in [6.07, 6.45) is 2.70. The number of aliphatic hydroxyl groups excluding tert-OH is 1. The van der Waals surface area contributed by atoms with Crippen LogP contribution in [0.3, 0.4) is 0 Å². The molecule has 0 fully saturated rings. The van der Waals surface area contributed by atoms with E-state index in [0.717, 1.165) is 30.8 Å². The standard InChI is InChI=1S/C14H23NO2S/c1-3-14(15,11-16)9-4-10-18-13-7-5-12(17-2)6-8-13/h5-8,16H,3-4,9-11,15H2,1-2H3. The van der Waals surface area contributed by atoms with Crippen molar-refractivity contribution >= 4 is 11.8 Å². The van der Waals surface area contributed by atoms with E-state index in [0.29, 0.717) is 0 Å². The van der Waals surface area contributed by atoms with Crippen LogP contribution in [-0.2, 0) is 0 Å². The molecule has 102 valence electrons. The van der Waals surface area contributed by atoms with Gasteiger partial charge in [0.1, 0.15) is 5.75 Å². The quantitative estimate of drug-likeness (QED) is 0.563. The third-order valence-corrected chi connectivity index (χ3v) is 4.26. The van der Waals surface area contributed by atoms with E-state index in [1.807, 2.05) is 30.8 Å². The minimum Gasteiger partial charge on any atom is -0.497 e. The number of hydrogen-bond donors (Lipinski definition) is 2. The summed E-state index contributed by atoms with van der Waals surface area (Å²) in [5.74, 6) is 1.90. The van der Waals surface area contributed by atoms with E-state index < -0.39 is 5.54 Å². The molecule has 0 saturated heterocycles. The highest BCUT2D eigenvalue weighted by atomic mass is 32.2. The maximum absolute atomic E-state index is 9.21. The van der Waals surface area contributed by atoms with Gasteiger partial charge in [0.25, 0.3) is 0 Å². The van der Waals surface area contributed by atoms with Crippen molar-refractivity contribution in [2.75, 3.05) is 19.5 Å². The Bertz CT molecular complexity index is 336. The Balaban J connectivity index is 2.29. The van der Waals surface area contributed by atoms with Gasteiger partial charge in [0.15, 0.2) is 0 Å². The Labute approximate surface area is 114 Å². The van der Waals surface area contributed by atoms with Gasteiger partial charge in [0.05, 0.1) is 13.7 Å². The highest BCUT2D eigenvalue weighted by molar-refractivity contribution is 7.99. The highest BCUT2D eigenvalue weighted by Gasteiger charge is 2.20. The van der Waals surface area contributed by atoms with E-state index in [1.54, 1.807) is 7.11 Å². The summed E-state index contributed by atoms with van der Waals surface area (Å²) < 4.78 is 5.12. The number of hydrogen-bond acceptors (Lipinski definition) is 4. The Morgan fingerprint density at radius 1 is 1.33 bits per heavy atom. The predicted octanol–water partition coefficient (Wildman–Crippen LogP) is 2.67. The first-order valence-electron chi connectivity index (χ1n) is 6.30. The summed E-state index contributed by atoms with van der Waals surface area (Å²) >= 11 is 1.81. The molecule has 1 atom stereocenters. The number of ether oxygens (including phenoxy) is 1. The number of rotatable bonds is 8. The number of benzene rings is 1. The second-order valence-electron chi connectivity index (χ2n) is 4.50. The van der Waals surface area contributed by atoms with Crippen molar-refractivity contribution in [3.05, 3.63) is 24.3 Å². The minimum atomic E-state index is -0.402. The van der Waals surface area contributed by atoms with Gasteiger partial charge in [-0.2, -0.15) is 0 Å². The Hall–Kier alpha value is -0.710. The largest absolute Gasteiger partial charge is 0.497 e. The molecule has 0 spiro atoms. The topological polar surface area (TPSA) is 55.5 Å². The summed E-state index contributed by atoms with van der Waals surface area (Å²) in [7, 11) is 1.67. The van der Waals surface area contributed by atoms with Crippen LogP contribution in [0.1, 0.15) is 26.2 Å². The van der Waals surface area contributed by atoms with Gasteiger partial charge in [-0.05, 0) is 49.3 Å². The van der Waals surface area contributed by atoms with Crippen LogP contribution in [0.15, 0.2) is 29.2 Å². The van der Waals surface area contributed by atoms with Crippen molar-refractivity contribution in [2.45, 2.75) is 36.6 Å². The summed E-state index contributed by atoms with van der Waals surface area (Å²) in [6.45, 7) is 2.09. The van der Waals surface area contributed by atoms with E-state index in [2.05, 4.69) is 12.1 Å². The lowest BCUT2D eigenvalue weighted by Gasteiger charge is -2.25. The van der Waals surface area contributed by atoms with Crippen molar-refractivity contribution in [3.8, 4) is 5.75 Å². The normalized spacial score (nSPS) is 14.2. The first kappa shape index (κ1) is 15.3. The van der Waals surface area contributed by atoms with Crippen molar-refractivity contribution in [2.24, 2.45) is 5.73 Å². The monoisotopic (exact) mass is 269 g/mol. The molecule has 3 N–H and O–H groups in total. The summed E-state index contributed by atoms with van der Waals surface area (Å²) in [5.41, 5.74) is 5.64. The third-order valence-electron chi connectivity index (χ3n) is 3.17. The van der Waals surface area contributed by atoms with Crippen LogP contribution in [0.5, 0.6) is 5.75 Å². The molecule has 0 aliphatic rings. The first-order chi connectivity index (χ1) is 8.63. The van der Waals surface area contributed by atoms with Crippen molar-refractivity contribution in [3.63, 3.8) is 0 Å². The van der Waals surface area contributed by atoms with Gasteiger partial charge in [-0.25, -0.2) is 0 Å². The minimum absolute atomic E-state index is 0.0662. The SMILES string of the molecule is CCC(N)(CO)CCCSc1ccc(OC)cc1. The summed E-state index contributed by atoms with van der Waals surface area (Å²) in [4.78, 5) is 1.24. The van der Waals surface area contributed by atoms with Gasteiger partial charge in [0, 0.05) is 10.4 Å². The smallest absolute Gasteiger partial charge is 0.118 e. The first-order valence-corrected chi connectivity index (χ1v) is 7.28. The maximum atomic E-state index is 9.21. The molecular weight excluding hydrogens is 246 g/mol. The Kier molecular flexibility index (Phi) is 6.54. The highest BCUT2D eigenvalue weighted by Crippen LogP contribution is 2.23. The van der Waals surface area contributed by atoms with Gasteiger partial charge in [0.2, 0.25) is 0 Å².